The van der Waals surface area contributed by atoms with Gasteiger partial charge < -0.3 is 14.0 Å². The summed E-state index contributed by atoms with van der Waals surface area (Å²) in [6.07, 6.45) is -0.268. The predicted molar refractivity (Wildman–Crippen MR) is 281 cm³/mol. The van der Waals surface area contributed by atoms with E-state index in [4.69, 9.17) is 24.9 Å². The van der Waals surface area contributed by atoms with Crippen molar-refractivity contribution in [1.29, 1.82) is 0 Å². The lowest BCUT2D eigenvalue weighted by molar-refractivity contribution is 0.383. The van der Waals surface area contributed by atoms with Crippen molar-refractivity contribution in [3.63, 3.8) is 0 Å². The monoisotopic (exact) mass is 886 g/mol. The molecule has 0 spiro atoms. The summed E-state index contributed by atoms with van der Waals surface area (Å²) < 4.78 is 4.78. The molecule has 1 unspecified atom stereocenters. The van der Waals surface area contributed by atoms with E-state index in [-0.39, 0.29) is 6.17 Å². The first-order valence-electron chi connectivity index (χ1n) is 23.2. The van der Waals surface area contributed by atoms with Crippen LogP contribution in [0, 0.1) is 0 Å². The van der Waals surface area contributed by atoms with Crippen molar-refractivity contribution in [3.8, 4) is 45.5 Å². The van der Waals surface area contributed by atoms with Gasteiger partial charge in [0.25, 0.3) is 0 Å². The van der Waals surface area contributed by atoms with Gasteiger partial charge in [0.15, 0.2) is 23.3 Å². The number of aromatic nitrogens is 5. The number of nitrogens with zero attached hydrogens (tertiary/aromatic N) is 8. The summed E-state index contributed by atoms with van der Waals surface area (Å²) in [6.45, 7) is 0. The molecule has 1 aliphatic rings. The normalized spacial score (nSPS) is 13.9. The molecule has 3 aromatic heterocycles. The Morgan fingerprint density at radius 2 is 0.739 bits per heavy atom. The minimum Gasteiger partial charge on any atom is -0.333 e. The fourth-order valence-corrected chi connectivity index (χ4v) is 9.89. The van der Waals surface area contributed by atoms with Crippen molar-refractivity contribution in [2.24, 2.45) is 9.98 Å². The van der Waals surface area contributed by atoms with E-state index in [9.17, 15) is 0 Å². The molecular formula is C61H42N8. The van der Waals surface area contributed by atoms with Gasteiger partial charge in [0.1, 0.15) is 12.0 Å². The van der Waals surface area contributed by atoms with Crippen LogP contribution in [0.15, 0.2) is 241 Å². The smallest absolute Gasteiger partial charge is 0.164 e. The average molecular weight is 887 g/mol. The van der Waals surface area contributed by atoms with Crippen LogP contribution in [0.5, 0.6) is 0 Å². The maximum atomic E-state index is 5.25. The Bertz CT molecular complexity index is 3880. The standard InChI is InChI=1S/C61H42N8/c1-67-60(44-24-12-5-13-25-44)65-59(42-22-10-4-11-23-42)66-61(67)45-32-36-47(37-33-45)69-53-29-17-15-27-49(53)51-38-54-50(39-55(51)69)48-26-14-16-28-52(48)68(54)46-34-30-43(31-35-46)58-63-56(40-18-6-2-7-19-40)62-57(64-58)41-20-8-3-9-21-41/h2-39,61H,1H3. The van der Waals surface area contributed by atoms with E-state index < -0.39 is 0 Å². The number of benzene rings is 9. The van der Waals surface area contributed by atoms with Crippen LogP contribution < -0.4 is 0 Å². The fourth-order valence-electron chi connectivity index (χ4n) is 9.89. The van der Waals surface area contributed by atoms with Crippen LogP contribution in [0.4, 0.5) is 0 Å². The Balaban J connectivity index is 0.909. The Labute approximate surface area is 398 Å². The largest absolute Gasteiger partial charge is 0.333 e. The number of hydrogen-bond acceptors (Lipinski definition) is 6. The average Bonchev–Trinajstić information content (AvgIpc) is 3.93. The van der Waals surface area contributed by atoms with Gasteiger partial charge in [-0.2, -0.15) is 0 Å². The highest BCUT2D eigenvalue weighted by atomic mass is 15.3. The molecule has 69 heavy (non-hydrogen) atoms. The summed E-state index contributed by atoms with van der Waals surface area (Å²) in [6, 6.07) is 80.5. The van der Waals surface area contributed by atoms with E-state index in [1.165, 1.54) is 21.5 Å². The van der Waals surface area contributed by atoms with Gasteiger partial charge in [-0.3, -0.25) is 0 Å². The third-order valence-electron chi connectivity index (χ3n) is 13.2. The van der Waals surface area contributed by atoms with Gasteiger partial charge in [-0.1, -0.05) is 170 Å². The van der Waals surface area contributed by atoms with Crippen LogP contribution in [-0.2, 0) is 0 Å². The highest BCUT2D eigenvalue weighted by molar-refractivity contribution is 6.19. The summed E-state index contributed by atoms with van der Waals surface area (Å²) in [5.74, 6) is 3.51. The topological polar surface area (TPSA) is 76.5 Å². The molecule has 0 radical (unpaired) electrons. The van der Waals surface area contributed by atoms with Crippen LogP contribution in [0.3, 0.4) is 0 Å². The van der Waals surface area contributed by atoms with E-state index in [0.717, 1.165) is 78.5 Å². The first-order chi connectivity index (χ1) is 34.1. The maximum Gasteiger partial charge on any atom is 0.164 e. The number of amidine groups is 2. The zero-order valence-electron chi connectivity index (χ0n) is 37.6. The predicted octanol–water partition coefficient (Wildman–Crippen LogP) is 13.9. The van der Waals surface area contributed by atoms with Gasteiger partial charge in [-0.25, -0.2) is 24.9 Å². The second-order valence-electron chi connectivity index (χ2n) is 17.4. The first kappa shape index (κ1) is 40.0. The lowest BCUT2D eigenvalue weighted by Crippen LogP contribution is -2.35. The van der Waals surface area contributed by atoms with Crippen molar-refractivity contribution in [1.82, 2.24) is 29.0 Å². The van der Waals surface area contributed by atoms with Crippen molar-refractivity contribution >= 4 is 55.3 Å². The quantitative estimate of drug-likeness (QED) is 0.152. The summed E-state index contributed by atoms with van der Waals surface area (Å²) in [5, 5.41) is 4.74. The second kappa shape index (κ2) is 16.6. The highest BCUT2D eigenvalue weighted by Gasteiger charge is 2.27. The highest BCUT2D eigenvalue weighted by Crippen LogP contribution is 2.40. The van der Waals surface area contributed by atoms with Crippen molar-refractivity contribution in [3.05, 3.63) is 247 Å². The molecule has 8 nitrogen and oxygen atoms in total. The Morgan fingerprint density at radius 1 is 0.348 bits per heavy atom. The van der Waals surface area contributed by atoms with Crippen LogP contribution in [-0.4, -0.2) is 47.7 Å². The van der Waals surface area contributed by atoms with Gasteiger partial charge in [0.05, 0.1) is 22.1 Å². The van der Waals surface area contributed by atoms with E-state index in [2.05, 4.69) is 167 Å². The van der Waals surface area contributed by atoms with E-state index >= 15 is 0 Å². The SMILES string of the molecule is CN1C(c2ccccc2)=NC(c2ccccc2)=NC1c1ccc(-n2c3ccccc3c3cc4c(cc32)c2ccccc2n4-c2ccc(-c3nc(-c4ccccc4)nc(-c4ccccc4)n3)cc2)cc1. The first-order valence-corrected chi connectivity index (χ1v) is 23.2. The van der Waals surface area contributed by atoms with Crippen molar-refractivity contribution < 1.29 is 0 Å². The molecule has 0 fully saturated rings. The molecule has 1 atom stereocenters. The lowest BCUT2D eigenvalue weighted by atomic mass is 10.1. The number of hydrogen-bond donors (Lipinski definition) is 0. The molecule has 8 heteroatoms. The number of para-hydroxylation sites is 2. The molecule has 12 aromatic rings. The second-order valence-corrected chi connectivity index (χ2v) is 17.4. The Hall–Kier alpha value is -9.27. The lowest BCUT2D eigenvalue weighted by Gasteiger charge is -2.32. The van der Waals surface area contributed by atoms with Gasteiger partial charge in [-0.05, 0) is 66.2 Å². The molecule has 0 saturated heterocycles. The molecule has 0 amide bonds. The fraction of sp³-hybridized carbons (Fsp3) is 0.0328. The molecule has 0 N–H and O–H groups in total. The van der Waals surface area contributed by atoms with Gasteiger partial charge in [0, 0.05) is 67.8 Å². The zero-order chi connectivity index (χ0) is 45.8. The zero-order valence-corrected chi connectivity index (χ0v) is 37.6. The minimum absolute atomic E-state index is 0.268. The van der Waals surface area contributed by atoms with Crippen molar-refractivity contribution in [2.75, 3.05) is 7.05 Å². The Kier molecular flexibility index (Phi) is 9.61. The molecular weight excluding hydrogens is 845 g/mol. The van der Waals surface area contributed by atoms with E-state index in [1.807, 2.05) is 84.9 Å². The van der Waals surface area contributed by atoms with Crippen LogP contribution >= 0.6 is 0 Å². The molecule has 1 aliphatic heterocycles. The molecule has 4 heterocycles. The summed E-state index contributed by atoms with van der Waals surface area (Å²) >= 11 is 0. The van der Waals surface area contributed by atoms with Crippen molar-refractivity contribution in [2.45, 2.75) is 6.17 Å². The summed E-state index contributed by atoms with van der Waals surface area (Å²) in [7, 11) is 2.08. The minimum atomic E-state index is -0.268. The maximum absolute atomic E-state index is 5.25. The summed E-state index contributed by atoms with van der Waals surface area (Å²) in [5.41, 5.74) is 12.6. The molecule has 9 aromatic carbocycles. The van der Waals surface area contributed by atoms with Gasteiger partial charge in [-0.15, -0.1) is 0 Å². The van der Waals surface area contributed by atoms with E-state index in [1.54, 1.807) is 0 Å². The van der Waals surface area contributed by atoms with Crippen LogP contribution in [0.25, 0.3) is 89.2 Å². The third kappa shape index (κ3) is 6.97. The van der Waals surface area contributed by atoms with Crippen LogP contribution in [0.2, 0.25) is 0 Å². The molecule has 13 rings (SSSR count). The molecule has 0 saturated carbocycles. The van der Waals surface area contributed by atoms with Gasteiger partial charge >= 0.3 is 0 Å². The summed E-state index contributed by atoms with van der Waals surface area (Å²) in [4.78, 5) is 27.4. The van der Waals surface area contributed by atoms with Crippen LogP contribution in [0.1, 0.15) is 22.9 Å². The van der Waals surface area contributed by atoms with Gasteiger partial charge in [0.2, 0.25) is 0 Å². The third-order valence-corrected chi connectivity index (χ3v) is 13.2. The molecule has 326 valence electrons. The number of rotatable bonds is 8. The number of aliphatic imine (C=N–C) groups is 2. The molecule has 0 bridgehead atoms. The number of fused-ring (bicyclic) bond motifs is 6. The molecule has 0 aliphatic carbocycles. The Morgan fingerprint density at radius 3 is 1.22 bits per heavy atom. The van der Waals surface area contributed by atoms with E-state index in [0.29, 0.717) is 17.5 Å².